The van der Waals surface area contributed by atoms with Crippen molar-refractivity contribution >= 4 is 32.4 Å². The van der Waals surface area contributed by atoms with Crippen molar-refractivity contribution in [3.63, 3.8) is 0 Å². The van der Waals surface area contributed by atoms with Gasteiger partial charge in [-0.1, -0.05) is 12.1 Å². The summed E-state index contributed by atoms with van der Waals surface area (Å²) in [6.07, 6.45) is 2.56. The van der Waals surface area contributed by atoms with Crippen LogP contribution in [0.25, 0.3) is 0 Å². The van der Waals surface area contributed by atoms with Gasteiger partial charge < -0.3 is 5.32 Å². The Kier molecular flexibility index (Phi) is 4.66. The van der Waals surface area contributed by atoms with Gasteiger partial charge in [0, 0.05) is 17.6 Å². The summed E-state index contributed by atoms with van der Waals surface area (Å²) < 4.78 is 40.4. The second-order valence-corrected chi connectivity index (χ2v) is 8.56. The molecule has 1 aromatic carbocycles. The Morgan fingerprint density at radius 2 is 2.17 bits per heavy atom. The molecule has 3 rings (SSSR count). The third kappa shape index (κ3) is 3.19. The number of halogens is 1. The highest BCUT2D eigenvalue weighted by molar-refractivity contribution is 7.89. The van der Waals surface area contributed by atoms with Crippen LogP contribution in [0.3, 0.4) is 0 Å². The smallest absolute Gasteiger partial charge is 0.246 e. The van der Waals surface area contributed by atoms with Gasteiger partial charge in [0.25, 0.3) is 0 Å². The molecule has 2 aromatic rings. The van der Waals surface area contributed by atoms with Crippen LogP contribution in [0.1, 0.15) is 17.7 Å². The number of carbonyl (C=O) groups excluding carboxylic acids is 1. The fourth-order valence-corrected chi connectivity index (χ4v) is 5.06. The molecule has 9 heteroatoms. The summed E-state index contributed by atoms with van der Waals surface area (Å²) in [7, 11) is -4.07. The van der Waals surface area contributed by atoms with Gasteiger partial charge in [-0.15, -0.1) is 11.3 Å². The third-order valence-electron chi connectivity index (χ3n) is 3.78. The van der Waals surface area contributed by atoms with Crippen molar-refractivity contribution in [2.24, 2.45) is 0 Å². The number of anilines is 1. The summed E-state index contributed by atoms with van der Waals surface area (Å²) in [6.45, 7) is 2.05. The van der Waals surface area contributed by atoms with Gasteiger partial charge >= 0.3 is 0 Å². The molecule has 0 radical (unpaired) electrons. The predicted octanol–water partition coefficient (Wildman–Crippen LogP) is 2.38. The minimum atomic E-state index is -4.07. The lowest BCUT2D eigenvalue weighted by molar-refractivity contribution is -0.119. The molecule has 128 valence electrons. The number of nitrogens with zero attached hydrogens (tertiary/aromatic N) is 2. The Morgan fingerprint density at radius 1 is 1.42 bits per heavy atom. The number of carbonyl (C=O) groups is 1. The number of thiazole rings is 1. The van der Waals surface area contributed by atoms with Crippen LogP contribution < -0.4 is 5.32 Å². The zero-order valence-corrected chi connectivity index (χ0v) is 14.5. The van der Waals surface area contributed by atoms with E-state index in [9.17, 15) is 17.6 Å². The van der Waals surface area contributed by atoms with Crippen molar-refractivity contribution in [3.8, 4) is 0 Å². The molecule has 24 heavy (non-hydrogen) atoms. The van der Waals surface area contributed by atoms with Gasteiger partial charge in [-0.05, 0) is 31.9 Å². The van der Waals surface area contributed by atoms with Crippen molar-refractivity contribution in [1.29, 1.82) is 0 Å². The molecule has 0 spiro atoms. The van der Waals surface area contributed by atoms with Gasteiger partial charge in [-0.2, -0.15) is 4.31 Å². The first-order valence-corrected chi connectivity index (χ1v) is 9.65. The molecule has 1 aliphatic heterocycles. The average molecular weight is 369 g/mol. The molecule has 0 aliphatic carbocycles. The van der Waals surface area contributed by atoms with E-state index in [-0.39, 0.29) is 6.54 Å². The van der Waals surface area contributed by atoms with Crippen molar-refractivity contribution in [2.45, 2.75) is 30.7 Å². The van der Waals surface area contributed by atoms with E-state index in [0.717, 1.165) is 15.2 Å². The van der Waals surface area contributed by atoms with Crippen LogP contribution in [-0.2, 0) is 14.8 Å². The second kappa shape index (κ2) is 6.58. The van der Waals surface area contributed by atoms with Gasteiger partial charge in [-0.3, -0.25) is 4.79 Å². The lowest BCUT2D eigenvalue weighted by Gasteiger charge is -2.23. The maximum absolute atomic E-state index is 13.9. The van der Waals surface area contributed by atoms with Gasteiger partial charge in [0.2, 0.25) is 15.9 Å². The minimum Gasteiger partial charge on any atom is -0.301 e. The van der Waals surface area contributed by atoms with Crippen LogP contribution in [0.5, 0.6) is 0 Å². The van der Waals surface area contributed by atoms with E-state index < -0.39 is 32.7 Å². The molecule has 1 N–H and O–H groups in total. The molecule has 1 saturated heterocycles. The molecule has 6 nitrogen and oxygen atoms in total. The zero-order chi connectivity index (χ0) is 17.3. The summed E-state index contributed by atoms with van der Waals surface area (Å²) in [4.78, 5) is 17.0. The topological polar surface area (TPSA) is 79.4 Å². The molecular formula is C15H16FN3O3S2. The number of aromatic nitrogens is 1. The Bertz CT molecular complexity index is 866. The Hall–Kier alpha value is -1.84. The number of nitrogens with one attached hydrogen (secondary N) is 1. The number of aryl methyl sites for hydroxylation is 1. The molecule has 1 amide bonds. The summed E-state index contributed by atoms with van der Waals surface area (Å²) in [6, 6.07) is 4.32. The molecule has 2 heterocycles. The highest BCUT2D eigenvalue weighted by atomic mass is 32.2. The largest absolute Gasteiger partial charge is 0.301 e. The molecule has 1 atom stereocenters. The summed E-state index contributed by atoms with van der Waals surface area (Å²) in [5, 5.41) is 3.07. The lowest BCUT2D eigenvalue weighted by Crippen LogP contribution is -2.43. The van der Waals surface area contributed by atoms with Gasteiger partial charge in [0.05, 0.1) is 0 Å². The van der Waals surface area contributed by atoms with Crippen LogP contribution in [0.15, 0.2) is 35.4 Å². The summed E-state index contributed by atoms with van der Waals surface area (Å²) in [5.41, 5.74) is 0. The van der Waals surface area contributed by atoms with E-state index in [1.54, 1.807) is 6.20 Å². The number of benzene rings is 1. The van der Waals surface area contributed by atoms with E-state index >= 15 is 0 Å². The molecule has 1 aliphatic rings. The van der Waals surface area contributed by atoms with Crippen LogP contribution in [0.2, 0.25) is 0 Å². The number of hydrogen-bond acceptors (Lipinski definition) is 5. The van der Waals surface area contributed by atoms with Crippen LogP contribution in [0.4, 0.5) is 9.52 Å². The minimum absolute atomic E-state index is 0.186. The SMILES string of the molecule is Cc1cnc(NC(=O)[C@@H]2CCCN2S(=O)(=O)c2ccccc2F)s1. The number of rotatable bonds is 4. The van der Waals surface area contributed by atoms with Crippen LogP contribution in [-0.4, -0.2) is 36.2 Å². The van der Waals surface area contributed by atoms with Crippen molar-refractivity contribution in [1.82, 2.24) is 9.29 Å². The summed E-state index contributed by atoms with van der Waals surface area (Å²) >= 11 is 1.31. The first-order valence-electron chi connectivity index (χ1n) is 7.39. The Balaban J connectivity index is 1.85. The first kappa shape index (κ1) is 17.0. The molecular weight excluding hydrogens is 353 g/mol. The second-order valence-electron chi connectivity index (χ2n) is 5.47. The molecule has 1 fully saturated rings. The predicted molar refractivity (Wildman–Crippen MR) is 88.8 cm³/mol. The van der Waals surface area contributed by atoms with Crippen molar-refractivity contribution < 1.29 is 17.6 Å². The van der Waals surface area contributed by atoms with Crippen molar-refractivity contribution in [2.75, 3.05) is 11.9 Å². The monoisotopic (exact) mass is 369 g/mol. The van der Waals surface area contributed by atoms with Gasteiger partial charge in [-0.25, -0.2) is 17.8 Å². The van der Waals surface area contributed by atoms with E-state index in [4.69, 9.17) is 0 Å². The first-order chi connectivity index (χ1) is 11.4. The maximum atomic E-state index is 13.9. The molecule has 0 unspecified atom stereocenters. The fraction of sp³-hybridized carbons (Fsp3) is 0.333. The zero-order valence-electron chi connectivity index (χ0n) is 12.9. The maximum Gasteiger partial charge on any atom is 0.246 e. The van der Waals surface area contributed by atoms with E-state index in [1.807, 2.05) is 6.92 Å². The quantitative estimate of drug-likeness (QED) is 0.897. The molecule has 0 saturated carbocycles. The van der Waals surface area contributed by atoms with Crippen LogP contribution >= 0.6 is 11.3 Å². The van der Waals surface area contributed by atoms with Crippen LogP contribution in [0, 0.1) is 12.7 Å². The molecule has 1 aromatic heterocycles. The molecule has 0 bridgehead atoms. The van der Waals surface area contributed by atoms with E-state index in [2.05, 4.69) is 10.3 Å². The fourth-order valence-electron chi connectivity index (χ4n) is 2.67. The number of amides is 1. The highest BCUT2D eigenvalue weighted by Crippen LogP contribution is 2.28. The Labute approximate surface area is 143 Å². The lowest BCUT2D eigenvalue weighted by atomic mass is 10.2. The normalized spacial score (nSPS) is 18.7. The van der Waals surface area contributed by atoms with Crippen molar-refractivity contribution in [3.05, 3.63) is 41.2 Å². The highest BCUT2D eigenvalue weighted by Gasteiger charge is 2.40. The number of hydrogen-bond donors (Lipinski definition) is 1. The Morgan fingerprint density at radius 3 is 2.83 bits per heavy atom. The summed E-state index contributed by atoms with van der Waals surface area (Å²) in [5.74, 6) is -1.26. The van der Waals surface area contributed by atoms with Gasteiger partial charge in [0.1, 0.15) is 16.8 Å². The van der Waals surface area contributed by atoms with Gasteiger partial charge in [0.15, 0.2) is 5.13 Å². The third-order valence-corrected chi connectivity index (χ3v) is 6.55. The number of sulfonamides is 1. The van der Waals surface area contributed by atoms with E-state index in [1.165, 1.54) is 29.5 Å². The average Bonchev–Trinajstić information content (AvgIpc) is 3.17. The standard InChI is InChI=1S/C15H16FN3O3S2/c1-10-9-17-15(23-10)18-14(20)12-6-4-8-19(12)24(21,22)13-7-3-2-5-11(13)16/h2-3,5,7,9,12H,4,6,8H2,1H3,(H,17,18,20)/t12-/m0/s1. The van der Waals surface area contributed by atoms with E-state index in [0.29, 0.717) is 18.0 Å².